The minimum atomic E-state index is -1.94. The number of aromatic nitrogens is 1. The van der Waals surface area contributed by atoms with Crippen molar-refractivity contribution in [3.8, 4) is 11.3 Å². The molecule has 0 aliphatic rings. The molecule has 0 fully saturated rings. The van der Waals surface area contributed by atoms with Crippen LogP contribution in [-0.4, -0.2) is 18.3 Å². The van der Waals surface area contributed by atoms with Gasteiger partial charge in [0.25, 0.3) is 0 Å². The van der Waals surface area contributed by atoms with Crippen LogP contribution >= 0.6 is 0 Å². The minimum absolute atomic E-state index is 0.643. The van der Waals surface area contributed by atoms with Crippen LogP contribution in [0.4, 0.5) is 0 Å². The number of nitrogens with zero attached hydrogens (tertiary/aromatic N) is 1. The first-order chi connectivity index (χ1) is 12.8. The summed E-state index contributed by atoms with van der Waals surface area (Å²) in [7, 11) is 0. The maximum absolute atomic E-state index is 5.97. The van der Waals surface area contributed by atoms with Crippen molar-refractivity contribution in [2.45, 2.75) is 37.5 Å². The monoisotopic (exact) mass is 419 g/mol. The van der Waals surface area contributed by atoms with Crippen molar-refractivity contribution in [2.24, 2.45) is 5.92 Å². The molecule has 0 radical (unpaired) electrons. The molecule has 4 aromatic rings. The van der Waals surface area contributed by atoms with Gasteiger partial charge < -0.3 is 0 Å². The van der Waals surface area contributed by atoms with Gasteiger partial charge in [0, 0.05) is 0 Å². The number of rotatable bonds is 4. The normalized spacial score (nSPS) is 12.4. The molecule has 0 spiro atoms. The van der Waals surface area contributed by atoms with Crippen molar-refractivity contribution >= 4 is 39.6 Å². The van der Waals surface area contributed by atoms with Crippen LogP contribution in [0.1, 0.15) is 19.4 Å². The molecular weight excluding hydrogens is 391 g/mol. The summed E-state index contributed by atoms with van der Waals surface area (Å²) in [5.74, 6) is 7.99. The molecule has 0 aliphatic carbocycles. The van der Waals surface area contributed by atoms with E-state index in [4.69, 9.17) is 9.40 Å². The van der Waals surface area contributed by atoms with Gasteiger partial charge in [0.1, 0.15) is 0 Å². The van der Waals surface area contributed by atoms with Gasteiger partial charge in [-0.3, -0.25) is 0 Å². The molecular formula is C24H27GeNO. The first-order valence-corrected chi connectivity index (χ1v) is 17.1. The fraction of sp³-hybridized carbons (Fsp3) is 0.292. The molecule has 4 rings (SSSR count). The fourth-order valence-electron chi connectivity index (χ4n) is 3.82. The second kappa shape index (κ2) is 6.83. The Labute approximate surface area is 164 Å². The second-order valence-electron chi connectivity index (χ2n) is 8.88. The van der Waals surface area contributed by atoms with Gasteiger partial charge in [-0.05, 0) is 0 Å². The quantitative estimate of drug-likeness (QED) is 0.359. The summed E-state index contributed by atoms with van der Waals surface area (Å²) in [6.45, 7) is 4.59. The van der Waals surface area contributed by atoms with Crippen molar-refractivity contribution in [2.75, 3.05) is 0 Å². The van der Waals surface area contributed by atoms with Crippen LogP contribution < -0.4 is 4.40 Å². The van der Waals surface area contributed by atoms with Crippen LogP contribution in [0, 0.1) is 5.92 Å². The van der Waals surface area contributed by atoms with Gasteiger partial charge in [-0.15, -0.1) is 0 Å². The SMILES string of the molecule is CC(C)Cc1cc(-c2ccc3oc4ccccc4c3c2)nc[c]1[Ge]([CH3])([CH3])[CH3]. The summed E-state index contributed by atoms with van der Waals surface area (Å²) in [6, 6.07) is 17.0. The summed E-state index contributed by atoms with van der Waals surface area (Å²) >= 11 is -1.94. The topological polar surface area (TPSA) is 26.0 Å². The average molecular weight is 418 g/mol. The standard InChI is InChI=1S/C24H27GeNO/c1-16(2)12-18-14-22(26-15-21(18)25(3,4)5)17-10-11-24-20(13-17)19-8-6-7-9-23(19)27-24/h6-11,13-16H,12H2,1-5H3. The molecule has 0 aliphatic heterocycles. The van der Waals surface area contributed by atoms with E-state index < -0.39 is 13.3 Å². The number of hydrogen-bond donors (Lipinski definition) is 0. The zero-order chi connectivity index (χ0) is 19.2. The number of benzene rings is 2. The van der Waals surface area contributed by atoms with E-state index in [0.29, 0.717) is 5.92 Å². The Bertz CT molecular complexity index is 1120. The zero-order valence-electron chi connectivity index (χ0n) is 16.8. The average Bonchev–Trinajstić information content (AvgIpc) is 2.98. The van der Waals surface area contributed by atoms with Crippen LogP contribution in [0.3, 0.4) is 0 Å². The molecule has 2 nitrogen and oxygen atoms in total. The van der Waals surface area contributed by atoms with Crippen molar-refractivity contribution in [1.82, 2.24) is 4.98 Å². The number of furan rings is 1. The van der Waals surface area contributed by atoms with Gasteiger partial charge in [-0.25, -0.2) is 0 Å². The van der Waals surface area contributed by atoms with Crippen molar-refractivity contribution in [3.05, 3.63) is 60.3 Å². The summed E-state index contributed by atoms with van der Waals surface area (Å²) in [5, 5.41) is 2.32. The number of pyridine rings is 1. The van der Waals surface area contributed by atoms with Crippen LogP contribution in [0.15, 0.2) is 59.1 Å². The predicted octanol–water partition coefficient (Wildman–Crippen LogP) is 6.39. The van der Waals surface area contributed by atoms with Crippen LogP contribution in [0.2, 0.25) is 17.3 Å². The van der Waals surface area contributed by atoms with E-state index in [0.717, 1.165) is 39.6 Å². The molecule has 3 heteroatoms. The molecule has 0 bridgehead atoms. The van der Waals surface area contributed by atoms with Gasteiger partial charge in [0.15, 0.2) is 0 Å². The number of hydrogen-bond acceptors (Lipinski definition) is 2. The van der Waals surface area contributed by atoms with Crippen molar-refractivity contribution in [3.63, 3.8) is 0 Å². The third-order valence-electron chi connectivity index (χ3n) is 5.10. The maximum atomic E-state index is 5.97. The van der Waals surface area contributed by atoms with Gasteiger partial charge in [0.05, 0.1) is 0 Å². The van der Waals surface area contributed by atoms with E-state index >= 15 is 0 Å². The van der Waals surface area contributed by atoms with Crippen LogP contribution in [-0.2, 0) is 6.42 Å². The van der Waals surface area contributed by atoms with Crippen molar-refractivity contribution < 1.29 is 4.42 Å². The van der Waals surface area contributed by atoms with E-state index in [9.17, 15) is 0 Å². The zero-order valence-corrected chi connectivity index (χ0v) is 18.9. The Morgan fingerprint density at radius 2 is 1.67 bits per heavy atom. The molecule has 27 heavy (non-hydrogen) atoms. The molecule has 2 heterocycles. The Balaban J connectivity index is 1.86. The Hall–Kier alpha value is -2.07. The molecule has 0 atom stereocenters. The summed E-state index contributed by atoms with van der Waals surface area (Å²) in [5.41, 5.74) is 5.58. The molecule has 0 unspecified atom stereocenters. The third-order valence-corrected chi connectivity index (χ3v) is 9.43. The number of fused-ring (bicyclic) bond motifs is 3. The fourth-order valence-corrected chi connectivity index (χ4v) is 7.16. The van der Waals surface area contributed by atoms with E-state index in [-0.39, 0.29) is 0 Å². The first kappa shape index (κ1) is 18.3. The van der Waals surface area contributed by atoms with Gasteiger partial charge in [0.2, 0.25) is 0 Å². The molecule has 0 N–H and O–H groups in total. The van der Waals surface area contributed by atoms with E-state index in [1.54, 1.807) is 0 Å². The Morgan fingerprint density at radius 3 is 2.41 bits per heavy atom. The summed E-state index contributed by atoms with van der Waals surface area (Å²) in [6.07, 6.45) is 3.27. The molecule has 0 amide bonds. The Morgan fingerprint density at radius 1 is 0.926 bits per heavy atom. The van der Waals surface area contributed by atoms with Crippen LogP contribution in [0.25, 0.3) is 33.2 Å². The number of para-hydroxylation sites is 1. The van der Waals surface area contributed by atoms with E-state index in [1.807, 2.05) is 12.1 Å². The Kier molecular flexibility index (Phi) is 4.63. The molecule has 2 aromatic heterocycles. The van der Waals surface area contributed by atoms with Crippen molar-refractivity contribution in [1.29, 1.82) is 0 Å². The third kappa shape index (κ3) is 3.55. The summed E-state index contributed by atoms with van der Waals surface area (Å²) in [4.78, 5) is 4.87. The van der Waals surface area contributed by atoms with E-state index in [1.165, 1.54) is 9.96 Å². The van der Waals surface area contributed by atoms with Gasteiger partial charge in [-0.1, -0.05) is 0 Å². The molecule has 138 valence electrons. The molecule has 0 saturated heterocycles. The van der Waals surface area contributed by atoms with Crippen LogP contribution in [0.5, 0.6) is 0 Å². The molecule has 0 saturated carbocycles. The predicted molar refractivity (Wildman–Crippen MR) is 118 cm³/mol. The summed E-state index contributed by atoms with van der Waals surface area (Å²) < 4.78 is 7.50. The second-order valence-corrected chi connectivity index (χ2v) is 19.5. The first-order valence-electron chi connectivity index (χ1n) is 9.74. The van der Waals surface area contributed by atoms with E-state index in [2.05, 4.69) is 73.7 Å². The van der Waals surface area contributed by atoms with Gasteiger partial charge in [-0.2, -0.15) is 0 Å². The molecule has 2 aromatic carbocycles. The van der Waals surface area contributed by atoms with Gasteiger partial charge >= 0.3 is 164 Å².